The number of Topliss-reactive ketones (excluding diaryl/α,β-unsaturated/α-hetero) is 1. The lowest BCUT2D eigenvalue weighted by Gasteiger charge is -2.29. The summed E-state index contributed by atoms with van der Waals surface area (Å²) in [5.74, 6) is 0.658. The van der Waals surface area contributed by atoms with Crippen LogP contribution in [0.3, 0.4) is 0 Å². The van der Waals surface area contributed by atoms with Crippen molar-refractivity contribution in [1.29, 1.82) is 0 Å². The van der Waals surface area contributed by atoms with Crippen LogP contribution in [0, 0.1) is 5.41 Å². The number of fused-ring (bicyclic) bond motifs is 3. The van der Waals surface area contributed by atoms with Gasteiger partial charge >= 0.3 is 0 Å². The number of aliphatic hydroxyl groups is 1. The van der Waals surface area contributed by atoms with Gasteiger partial charge in [-0.2, -0.15) is 5.10 Å². The molecule has 142 valence electrons. The number of aliphatic hydroxyl groups excluding tert-OH is 1. The van der Waals surface area contributed by atoms with Gasteiger partial charge in [0, 0.05) is 23.6 Å². The Morgan fingerprint density at radius 2 is 1.68 bits per heavy atom. The fraction of sp³-hybridized carbons (Fsp3) is 0.261. The number of hydrogen-bond acceptors (Lipinski definition) is 5. The molecule has 0 aliphatic heterocycles. The molecule has 2 aromatic carbocycles. The molecule has 0 bridgehead atoms. The summed E-state index contributed by atoms with van der Waals surface area (Å²) < 4.78 is 0. The van der Waals surface area contributed by atoms with Crippen molar-refractivity contribution in [3.8, 4) is 0 Å². The summed E-state index contributed by atoms with van der Waals surface area (Å²) in [6.45, 7) is 5.69. The van der Waals surface area contributed by atoms with Crippen LogP contribution in [0.1, 0.15) is 33.6 Å². The van der Waals surface area contributed by atoms with E-state index >= 15 is 0 Å². The van der Waals surface area contributed by atoms with Crippen molar-refractivity contribution in [3.63, 3.8) is 0 Å². The van der Waals surface area contributed by atoms with E-state index in [1.165, 1.54) is 0 Å². The summed E-state index contributed by atoms with van der Waals surface area (Å²) >= 11 is 0. The van der Waals surface area contributed by atoms with Crippen LogP contribution in [0.5, 0.6) is 0 Å². The summed E-state index contributed by atoms with van der Waals surface area (Å²) in [5.41, 5.74) is 4.45. The van der Waals surface area contributed by atoms with Gasteiger partial charge in [-0.05, 0) is 23.8 Å². The van der Waals surface area contributed by atoms with Crippen molar-refractivity contribution in [2.45, 2.75) is 33.6 Å². The molecule has 5 heteroatoms. The van der Waals surface area contributed by atoms with E-state index in [1.54, 1.807) is 6.92 Å². The second-order valence-corrected chi connectivity index (χ2v) is 8.09. The second-order valence-electron chi connectivity index (χ2n) is 8.09. The summed E-state index contributed by atoms with van der Waals surface area (Å²) in [7, 11) is 0. The van der Waals surface area contributed by atoms with Gasteiger partial charge in [-0.25, -0.2) is 4.98 Å². The zero-order chi connectivity index (χ0) is 19.9. The van der Waals surface area contributed by atoms with Gasteiger partial charge in [0.25, 0.3) is 0 Å². The zero-order valence-corrected chi connectivity index (χ0v) is 16.3. The number of pyridine rings is 1. The van der Waals surface area contributed by atoms with E-state index in [0.717, 1.165) is 21.7 Å². The average molecular weight is 373 g/mol. The average Bonchev–Trinajstić information content (AvgIpc) is 2.64. The highest BCUT2D eigenvalue weighted by molar-refractivity contribution is 6.22. The minimum Gasteiger partial charge on any atom is -0.511 e. The lowest BCUT2D eigenvalue weighted by atomic mass is 9.76. The fourth-order valence-electron chi connectivity index (χ4n) is 3.88. The van der Waals surface area contributed by atoms with E-state index in [2.05, 4.69) is 16.6 Å². The minimum absolute atomic E-state index is 0.0758. The molecule has 2 N–H and O–H groups in total. The van der Waals surface area contributed by atoms with E-state index in [1.807, 2.05) is 56.3 Å². The maximum atomic E-state index is 12.5. The number of ketones is 1. The molecule has 0 saturated heterocycles. The molecule has 0 fully saturated rings. The first-order chi connectivity index (χ1) is 13.4. The predicted octanol–water partition coefficient (Wildman–Crippen LogP) is 5.38. The van der Waals surface area contributed by atoms with Crippen LogP contribution in [0.25, 0.3) is 21.7 Å². The Labute approximate surface area is 163 Å². The second kappa shape index (κ2) is 6.75. The Kier molecular flexibility index (Phi) is 4.38. The lowest BCUT2D eigenvalue weighted by molar-refractivity contribution is -0.117. The fourth-order valence-corrected chi connectivity index (χ4v) is 3.88. The van der Waals surface area contributed by atoms with Crippen molar-refractivity contribution < 1.29 is 9.90 Å². The number of hydrazone groups is 1. The van der Waals surface area contributed by atoms with Crippen molar-refractivity contribution in [3.05, 3.63) is 59.9 Å². The first-order valence-corrected chi connectivity index (χ1v) is 9.39. The number of para-hydroxylation sites is 1. The third-order valence-electron chi connectivity index (χ3n) is 5.15. The highest BCUT2D eigenvalue weighted by Gasteiger charge is 2.34. The van der Waals surface area contributed by atoms with Crippen LogP contribution >= 0.6 is 0 Å². The third-order valence-corrected chi connectivity index (χ3v) is 5.15. The minimum atomic E-state index is -0.228. The quantitative estimate of drug-likeness (QED) is 0.367. The van der Waals surface area contributed by atoms with Crippen LogP contribution in [-0.2, 0) is 4.79 Å². The van der Waals surface area contributed by atoms with Crippen LogP contribution in [0.2, 0.25) is 0 Å². The van der Waals surface area contributed by atoms with Crippen LogP contribution < -0.4 is 5.43 Å². The number of benzene rings is 2. The molecule has 0 saturated carbocycles. The lowest BCUT2D eigenvalue weighted by Crippen LogP contribution is -2.28. The maximum Gasteiger partial charge on any atom is 0.168 e. The number of carbonyl (C=O) groups is 1. The van der Waals surface area contributed by atoms with E-state index in [0.29, 0.717) is 29.9 Å². The number of aromatic nitrogens is 1. The topological polar surface area (TPSA) is 74.6 Å². The number of hydrogen-bond donors (Lipinski definition) is 2. The van der Waals surface area contributed by atoms with Crippen LogP contribution in [0.4, 0.5) is 5.82 Å². The number of anilines is 1. The number of nitrogens with zero attached hydrogens (tertiary/aromatic N) is 2. The van der Waals surface area contributed by atoms with Crippen molar-refractivity contribution in [1.82, 2.24) is 4.98 Å². The molecule has 0 spiro atoms. The zero-order valence-electron chi connectivity index (χ0n) is 16.3. The summed E-state index contributed by atoms with van der Waals surface area (Å²) in [6.07, 6.45) is 0.870. The van der Waals surface area contributed by atoms with Crippen LogP contribution in [0.15, 0.2) is 65.0 Å². The van der Waals surface area contributed by atoms with Gasteiger partial charge in [0.1, 0.15) is 5.76 Å². The highest BCUT2D eigenvalue weighted by Crippen LogP contribution is 2.36. The Bertz CT molecular complexity index is 1160. The van der Waals surface area contributed by atoms with Gasteiger partial charge in [0.2, 0.25) is 0 Å². The van der Waals surface area contributed by atoms with Crippen molar-refractivity contribution in [2.24, 2.45) is 10.5 Å². The molecule has 1 aliphatic carbocycles. The van der Waals surface area contributed by atoms with Crippen LogP contribution in [-0.4, -0.2) is 21.6 Å². The Balaban J connectivity index is 1.75. The van der Waals surface area contributed by atoms with Gasteiger partial charge < -0.3 is 5.11 Å². The monoisotopic (exact) mass is 373 g/mol. The molecule has 0 amide bonds. The first kappa shape index (κ1) is 18.2. The summed E-state index contributed by atoms with van der Waals surface area (Å²) in [4.78, 5) is 17.2. The van der Waals surface area contributed by atoms with Gasteiger partial charge in [-0.3, -0.25) is 10.2 Å². The molecule has 28 heavy (non-hydrogen) atoms. The van der Waals surface area contributed by atoms with Gasteiger partial charge in [-0.1, -0.05) is 56.3 Å². The smallest absolute Gasteiger partial charge is 0.168 e. The molecule has 1 aliphatic rings. The predicted molar refractivity (Wildman–Crippen MR) is 114 cm³/mol. The first-order valence-electron chi connectivity index (χ1n) is 9.39. The number of rotatable bonds is 3. The van der Waals surface area contributed by atoms with Gasteiger partial charge in [0.15, 0.2) is 11.6 Å². The standard InChI is InChI=1S/C23H23N3O2/c1-14(21-19(27)12-23(2,3)13-20(21)28)25-26-22-17-10-5-4-8-15(17)16-9-6-7-11-18(16)24-22/h4-11,27H,12-13H2,1-3H3,(H,24,26)/b25-14-. The molecule has 1 aromatic heterocycles. The molecule has 0 atom stereocenters. The van der Waals surface area contributed by atoms with E-state index < -0.39 is 0 Å². The van der Waals surface area contributed by atoms with Gasteiger partial charge in [-0.15, -0.1) is 0 Å². The van der Waals surface area contributed by atoms with E-state index in [4.69, 9.17) is 4.98 Å². The SMILES string of the molecule is C/C(=N/Nc1nc2ccccc2c2ccccc12)C1=C(O)CC(C)(C)CC1=O. The molecule has 0 unspecified atom stereocenters. The molecule has 0 radical (unpaired) electrons. The third kappa shape index (κ3) is 3.24. The molecule has 4 rings (SSSR count). The van der Waals surface area contributed by atoms with Crippen molar-refractivity contribution in [2.75, 3.05) is 5.43 Å². The van der Waals surface area contributed by atoms with E-state index in [9.17, 15) is 9.90 Å². The molecule has 3 aromatic rings. The Hall–Kier alpha value is -3.21. The highest BCUT2D eigenvalue weighted by atomic mass is 16.3. The Morgan fingerprint density at radius 3 is 2.39 bits per heavy atom. The normalized spacial score (nSPS) is 17.4. The molecule has 1 heterocycles. The number of carbonyl (C=O) groups excluding carboxylic acids is 1. The molecular weight excluding hydrogens is 350 g/mol. The Morgan fingerprint density at radius 1 is 1.04 bits per heavy atom. The van der Waals surface area contributed by atoms with E-state index in [-0.39, 0.29) is 17.0 Å². The number of allylic oxidation sites excluding steroid dienone is 2. The molecule has 5 nitrogen and oxygen atoms in total. The van der Waals surface area contributed by atoms with Gasteiger partial charge in [0.05, 0.1) is 16.8 Å². The largest absolute Gasteiger partial charge is 0.511 e. The summed E-state index contributed by atoms with van der Waals surface area (Å²) in [6, 6.07) is 16.0. The maximum absolute atomic E-state index is 12.5. The summed E-state index contributed by atoms with van der Waals surface area (Å²) in [5, 5.41) is 17.9. The number of nitrogens with one attached hydrogen (secondary N) is 1. The molecular formula is C23H23N3O2. The van der Waals surface area contributed by atoms with Crippen molar-refractivity contribution >= 4 is 39.0 Å².